The third-order valence-corrected chi connectivity index (χ3v) is 6.27. The molecule has 2 aliphatic rings. The van der Waals surface area contributed by atoms with Gasteiger partial charge in [0, 0.05) is 35.7 Å². The Balaban J connectivity index is 1.20. The molecule has 28 heavy (non-hydrogen) atoms. The summed E-state index contributed by atoms with van der Waals surface area (Å²) >= 11 is 1.59. The molecule has 0 N–H and O–H groups in total. The van der Waals surface area contributed by atoms with Crippen molar-refractivity contribution in [2.24, 2.45) is 5.92 Å². The first-order chi connectivity index (χ1) is 13.7. The molecule has 2 fully saturated rings. The number of hydrogen-bond donors (Lipinski definition) is 0. The summed E-state index contributed by atoms with van der Waals surface area (Å²) in [5.74, 6) is 4.44. The minimum Gasteiger partial charge on any atom is -0.464 e. The normalized spacial score (nSPS) is 21.0. The first-order valence-electron chi connectivity index (χ1n) is 9.90. The molecule has 0 bridgehead atoms. The van der Waals surface area contributed by atoms with Gasteiger partial charge in [-0.3, -0.25) is 4.79 Å². The van der Waals surface area contributed by atoms with Gasteiger partial charge in [-0.15, -0.1) is 0 Å². The van der Waals surface area contributed by atoms with E-state index in [1.165, 1.54) is 6.42 Å². The maximum Gasteiger partial charge on any atom is 0.227 e. The summed E-state index contributed by atoms with van der Waals surface area (Å²) < 4.78 is 11.3. The number of aryl methyl sites for hydroxylation is 1. The van der Waals surface area contributed by atoms with Gasteiger partial charge in [-0.25, -0.2) is 0 Å². The lowest BCUT2D eigenvalue weighted by Crippen LogP contribution is -2.32. The highest BCUT2D eigenvalue weighted by Crippen LogP contribution is 2.47. The standard InChI is InChI=1S/C21H23N3O3S/c1-13-10-17(13)18-5-4-16(26-18)11-24(15-2-3-15)20(25)7-6-19-22-21(23-27-19)14-8-9-28-12-14/h4-5,8-9,12-13,15,17H,2-3,6-7,10-11H2,1H3. The van der Waals surface area contributed by atoms with Crippen LogP contribution in [0.25, 0.3) is 11.4 Å². The van der Waals surface area contributed by atoms with Crippen molar-refractivity contribution in [1.82, 2.24) is 15.0 Å². The average Bonchev–Trinajstić information content (AvgIpc) is 3.43. The SMILES string of the molecule is CC1CC1c1ccc(CN(C(=O)CCc2nc(-c3ccsc3)no2)C2CC2)o1. The number of amides is 1. The highest BCUT2D eigenvalue weighted by Gasteiger charge is 2.37. The molecule has 5 rings (SSSR count). The fourth-order valence-corrected chi connectivity index (χ4v) is 4.23. The summed E-state index contributed by atoms with van der Waals surface area (Å²) in [7, 11) is 0. The molecule has 2 aliphatic carbocycles. The predicted molar refractivity (Wildman–Crippen MR) is 105 cm³/mol. The minimum absolute atomic E-state index is 0.121. The van der Waals surface area contributed by atoms with Gasteiger partial charge in [0.25, 0.3) is 0 Å². The summed E-state index contributed by atoms with van der Waals surface area (Å²) in [4.78, 5) is 19.2. The molecule has 0 aromatic carbocycles. The van der Waals surface area contributed by atoms with E-state index < -0.39 is 0 Å². The van der Waals surface area contributed by atoms with Crippen LogP contribution in [-0.2, 0) is 17.8 Å². The molecular formula is C21H23N3O3S. The Bertz CT molecular complexity index is 957. The van der Waals surface area contributed by atoms with E-state index in [2.05, 4.69) is 23.1 Å². The zero-order chi connectivity index (χ0) is 19.1. The molecule has 0 aliphatic heterocycles. The average molecular weight is 398 g/mol. The van der Waals surface area contributed by atoms with Crippen molar-refractivity contribution in [3.05, 3.63) is 46.4 Å². The second-order valence-electron chi connectivity index (χ2n) is 7.90. The molecule has 3 aromatic heterocycles. The lowest BCUT2D eigenvalue weighted by Gasteiger charge is -2.21. The summed E-state index contributed by atoms with van der Waals surface area (Å²) in [5, 5.41) is 7.97. The van der Waals surface area contributed by atoms with E-state index >= 15 is 0 Å². The van der Waals surface area contributed by atoms with Crippen LogP contribution in [0.3, 0.4) is 0 Å². The van der Waals surface area contributed by atoms with E-state index in [0.717, 1.165) is 29.9 Å². The maximum absolute atomic E-state index is 12.8. The quantitative estimate of drug-likeness (QED) is 0.554. The van der Waals surface area contributed by atoms with Crippen molar-refractivity contribution in [1.29, 1.82) is 0 Å². The van der Waals surface area contributed by atoms with Crippen LogP contribution >= 0.6 is 11.3 Å². The van der Waals surface area contributed by atoms with Crippen LogP contribution in [0.2, 0.25) is 0 Å². The Kier molecular flexibility index (Phi) is 4.55. The predicted octanol–water partition coefficient (Wildman–Crippen LogP) is 4.64. The zero-order valence-corrected chi connectivity index (χ0v) is 16.7. The first kappa shape index (κ1) is 17.7. The van der Waals surface area contributed by atoms with Crippen LogP contribution in [0.5, 0.6) is 0 Å². The Labute approximate surface area is 167 Å². The van der Waals surface area contributed by atoms with Crippen molar-refractivity contribution >= 4 is 17.2 Å². The molecular weight excluding hydrogens is 374 g/mol. The van der Waals surface area contributed by atoms with Gasteiger partial charge in [0.05, 0.1) is 6.54 Å². The molecule has 2 atom stereocenters. The van der Waals surface area contributed by atoms with Crippen LogP contribution in [0.15, 0.2) is 37.9 Å². The molecule has 2 saturated carbocycles. The van der Waals surface area contributed by atoms with Crippen LogP contribution in [0.1, 0.15) is 55.9 Å². The fourth-order valence-electron chi connectivity index (χ4n) is 3.60. The third kappa shape index (κ3) is 3.76. The number of carbonyl (C=O) groups excluding carboxylic acids is 1. The Morgan fingerprint density at radius 3 is 2.89 bits per heavy atom. The lowest BCUT2D eigenvalue weighted by atomic mass is 10.2. The minimum atomic E-state index is 0.121. The van der Waals surface area contributed by atoms with Gasteiger partial charge in [0.1, 0.15) is 11.5 Å². The zero-order valence-electron chi connectivity index (χ0n) is 15.8. The summed E-state index contributed by atoms with van der Waals surface area (Å²) in [6.45, 7) is 2.79. The number of nitrogens with zero attached hydrogens (tertiary/aromatic N) is 3. The number of thiophene rings is 1. The van der Waals surface area contributed by atoms with E-state index in [4.69, 9.17) is 8.94 Å². The Morgan fingerprint density at radius 1 is 1.32 bits per heavy atom. The van der Waals surface area contributed by atoms with Crippen molar-refractivity contribution in [2.75, 3.05) is 0 Å². The van der Waals surface area contributed by atoms with Gasteiger partial charge in [-0.05, 0) is 48.8 Å². The molecule has 0 saturated heterocycles. The summed E-state index contributed by atoms with van der Waals surface area (Å²) in [6, 6.07) is 6.39. The topological polar surface area (TPSA) is 72.4 Å². The van der Waals surface area contributed by atoms with Crippen molar-refractivity contribution < 1.29 is 13.7 Å². The molecule has 1 amide bonds. The molecule has 0 radical (unpaired) electrons. The van der Waals surface area contributed by atoms with Gasteiger partial charge < -0.3 is 13.8 Å². The van der Waals surface area contributed by atoms with Crippen molar-refractivity contribution in [3.63, 3.8) is 0 Å². The van der Waals surface area contributed by atoms with E-state index in [-0.39, 0.29) is 5.91 Å². The molecule has 146 valence electrons. The van der Waals surface area contributed by atoms with Crippen molar-refractivity contribution in [3.8, 4) is 11.4 Å². The fraction of sp³-hybridized carbons (Fsp3) is 0.476. The van der Waals surface area contributed by atoms with E-state index in [9.17, 15) is 4.79 Å². The van der Waals surface area contributed by atoms with Gasteiger partial charge >= 0.3 is 0 Å². The van der Waals surface area contributed by atoms with E-state index in [1.54, 1.807) is 11.3 Å². The van der Waals surface area contributed by atoms with E-state index in [1.807, 2.05) is 27.8 Å². The maximum atomic E-state index is 12.8. The highest BCUT2D eigenvalue weighted by atomic mass is 32.1. The third-order valence-electron chi connectivity index (χ3n) is 5.59. The number of rotatable bonds is 8. The van der Waals surface area contributed by atoms with E-state index in [0.29, 0.717) is 49.0 Å². The molecule has 6 nitrogen and oxygen atoms in total. The first-order valence-corrected chi connectivity index (χ1v) is 10.8. The van der Waals surface area contributed by atoms with Gasteiger partial charge in [0.2, 0.25) is 17.6 Å². The second kappa shape index (κ2) is 7.20. The second-order valence-corrected chi connectivity index (χ2v) is 8.68. The molecule has 0 spiro atoms. The Hall–Kier alpha value is -2.41. The molecule has 3 aromatic rings. The number of aromatic nitrogens is 2. The van der Waals surface area contributed by atoms with Crippen LogP contribution < -0.4 is 0 Å². The highest BCUT2D eigenvalue weighted by molar-refractivity contribution is 7.08. The summed E-state index contributed by atoms with van der Waals surface area (Å²) in [5.41, 5.74) is 0.949. The van der Waals surface area contributed by atoms with Crippen LogP contribution in [0, 0.1) is 5.92 Å². The van der Waals surface area contributed by atoms with Gasteiger partial charge in [-0.2, -0.15) is 16.3 Å². The number of furan rings is 1. The molecule has 3 heterocycles. The smallest absolute Gasteiger partial charge is 0.227 e. The summed E-state index contributed by atoms with van der Waals surface area (Å²) in [6.07, 6.45) is 4.18. The van der Waals surface area contributed by atoms with Crippen molar-refractivity contribution in [2.45, 2.75) is 57.5 Å². The van der Waals surface area contributed by atoms with Crippen LogP contribution in [0.4, 0.5) is 0 Å². The Morgan fingerprint density at radius 2 is 2.18 bits per heavy atom. The van der Waals surface area contributed by atoms with Gasteiger partial charge in [0.15, 0.2) is 0 Å². The number of carbonyl (C=O) groups is 1. The van der Waals surface area contributed by atoms with Gasteiger partial charge in [-0.1, -0.05) is 12.1 Å². The molecule has 2 unspecified atom stereocenters. The molecule has 7 heteroatoms. The monoisotopic (exact) mass is 397 g/mol. The number of hydrogen-bond acceptors (Lipinski definition) is 6. The largest absolute Gasteiger partial charge is 0.464 e. The van der Waals surface area contributed by atoms with Crippen LogP contribution in [-0.4, -0.2) is 27.0 Å². The lowest BCUT2D eigenvalue weighted by molar-refractivity contribution is -0.132.